The summed E-state index contributed by atoms with van der Waals surface area (Å²) in [6, 6.07) is 3.31. The Balaban J connectivity index is 2.98. The molecule has 0 bridgehead atoms. The van der Waals surface area contributed by atoms with Crippen LogP contribution >= 0.6 is 12.2 Å². The van der Waals surface area contributed by atoms with Crippen LogP contribution in [0, 0.1) is 0 Å². The summed E-state index contributed by atoms with van der Waals surface area (Å²) in [7, 11) is 0. The van der Waals surface area contributed by atoms with Gasteiger partial charge < -0.3 is 5.11 Å². The quantitative estimate of drug-likeness (QED) is 0.595. The lowest BCUT2D eigenvalue weighted by Crippen LogP contribution is -1.92. The van der Waals surface area contributed by atoms with Gasteiger partial charge in [0.1, 0.15) is 0 Å². The molecule has 0 aliphatic rings. The maximum atomic E-state index is 8.73. The molecule has 0 atom stereocenters. The maximum Gasteiger partial charge on any atom is 0.188 e. The molecule has 0 fully saturated rings. The highest BCUT2D eigenvalue weighted by Gasteiger charge is 1.92. The number of hydrogen-bond acceptors (Lipinski definition) is 2. The SMILES string of the molecule is OC(=S)c1ccncc1. The van der Waals surface area contributed by atoms with E-state index < -0.39 is 0 Å². The fourth-order valence-electron chi connectivity index (χ4n) is 0.494. The van der Waals surface area contributed by atoms with Gasteiger partial charge in [0.2, 0.25) is 0 Å². The van der Waals surface area contributed by atoms with Gasteiger partial charge >= 0.3 is 0 Å². The minimum absolute atomic E-state index is 0.0857. The van der Waals surface area contributed by atoms with Gasteiger partial charge in [-0.05, 0) is 24.4 Å². The van der Waals surface area contributed by atoms with Crippen molar-refractivity contribution in [3.63, 3.8) is 0 Å². The first-order chi connectivity index (χ1) is 4.30. The Kier molecular flexibility index (Phi) is 1.75. The molecule has 0 radical (unpaired) electrons. The minimum atomic E-state index is -0.0857. The molecule has 0 saturated heterocycles. The van der Waals surface area contributed by atoms with Gasteiger partial charge in [-0.2, -0.15) is 0 Å². The van der Waals surface area contributed by atoms with Crippen LogP contribution in [0.15, 0.2) is 24.5 Å². The Morgan fingerprint density at radius 1 is 1.44 bits per heavy atom. The first kappa shape index (κ1) is 6.16. The second-order valence-electron chi connectivity index (χ2n) is 1.54. The van der Waals surface area contributed by atoms with Crippen LogP contribution in [0.25, 0.3) is 0 Å². The van der Waals surface area contributed by atoms with Crippen LogP contribution in [0.2, 0.25) is 0 Å². The zero-order valence-electron chi connectivity index (χ0n) is 4.61. The molecule has 0 aliphatic carbocycles. The van der Waals surface area contributed by atoms with Gasteiger partial charge in [0, 0.05) is 18.0 Å². The summed E-state index contributed by atoms with van der Waals surface area (Å²) >= 11 is 4.49. The molecule has 0 saturated carbocycles. The monoisotopic (exact) mass is 139 g/mol. The highest BCUT2D eigenvalue weighted by molar-refractivity contribution is 7.80. The molecule has 46 valence electrons. The smallest absolute Gasteiger partial charge is 0.188 e. The largest absolute Gasteiger partial charge is 0.499 e. The second-order valence-corrected chi connectivity index (χ2v) is 1.93. The summed E-state index contributed by atoms with van der Waals surface area (Å²) in [5.74, 6) is 0. The van der Waals surface area contributed by atoms with Crippen LogP contribution in [-0.2, 0) is 0 Å². The molecule has 1 rings (SSSR count). The lowest BCUT2D eigenvalue weighted by Gasteiger charge is -1.91. The zero-order chi connectivity index (χ0) is 6.69. The van der Waals surface area contributed by atoms with Crippen molar-refractivity contribution in [3.8, 4) is 0 Å². The standard InChI is InChI=1S/C6H5NOS/c8-6(9)5-1-3-7-4-2-5/h1-4H,(H,8,9). The third-order valence-corrected chi connectivity index (χ3v) is 1.16. The summed E-state index contributed by atoms with van der Waals surface area (Å²) in [4.78, 5) is 3.76. The van der Waals surface area contributed by atoms with Crippen molar-refractivity contribution in [1.29, 1.82) is 0 Å². The van der Waals surface area contributed by atoms with Crippen molar-refractivity contribution < 1.29 is 5.11 Å². The Morgan fingerprint density at radius 3 is 2.33 bits per heavy atom. The summed E-state index contributed by atoms with van der Waals surface area (Å²) in [6.45, 7) is 0. The third kappa shape index (κ3) is 1.47. The summed E-state index contributed by atoms with van der Waals surface area (Å²) in [5, 5.41) is 8.64. The van der Waals surface area contributed by atoms with Crippen molar-refractivity contribution in [2.45, 2.75) is 0 Å². The average molecular weight is 139 g/mol. The van der Waals surface area contributed by atoms with E-state index in [1.54, 1.807) is 24.5 Å². The fraction of sp³-hybridized carbons (Fsp3) is 0. The molecule has 2 nitrogen and oxygen atoms in total. The van der Waals surface area contributed by atoms with E-state index in [-0.39, 0.29) is 5.05 Å². The molecule has 1 aromatic heterocycles. The molecule has 0 aromatic carbocycles. The molecule has 1 heterocycles. The molecule has 0 spiro atoms. The number of aliphatic hydroxyl groups is 1. The normalized spacial score (nSPS) is 8.89. The van der Waals surface area contributed by atoms with E-state index in [9.17, 15) is 0 Å². The summed E-state index contributed by atoms with van der Waals surface area (Å²) < 4.78 is 0. The van der Waals surface area contributed by atoms with E-state index in [0.29, 0.717) is 5.56 Å². The van der Waals surface area contributed by atoms with E-state index in [0.717, 1.165) is 0 Å². The maximum absolute atomic E-state index is 8.73. The first-order valence-electron chi connectivity index (χ1n) is 2.44. The first-order valence-corrected chi connectivity index (χ1v) is 2.85. The van der Waals surface area contributed by atoms with Gasteiger partial charge in [0.25, 0.3) is 0 Å². The third-order valence-electron chi connectivity index (χ3n) is 0.927. The fourth-order valence-corrected chi connectivity index (χ4v) is 0.631. The van der Waals surface area contributed by atoms with Gasteiger partial charge in [-0.1, -0.05) is 0 Å². The van der Waals surface area contributed by atoms with Crippen LogP contribution in [0.4, 0.5) is 0 Å². The van der Waals surface area contributed by atoms with Crippen molar-refractivity contribution in [2.75, 3.05) is 0 Å². The van der Waals surface area contributed by atoms with Crippen LogP contribution in [0.1, 0.15) is 5.56 Å². The Morgan fingerprint density at radius 2 is 2.00 bits per heavy atom. The van der Waals surface area contributed by atoms with E-state index in [4.69, 9.17) is 5.11 Å². The zero-order valence-corrected chi connectivity index (χ0v) is 5.43. The number of thiocarbonyl (C=S) groups is 1. The summed E-state index contributed by atoms with van der Waals surface area (Å²) in [6.07, 6.45) is 3.16. The van der Waals surface area contributed by atoms with Crippen LogP contribution < -0.4 is 0 Å². The molecule has 1 aromatic rings. The second kappa shape index (κ2) is 2.55. The lowest BCUT2D eigenvalue weighted by atomic mass is 10.3. The Hall–Kier alpha value is -0.960. The number of pyridine rings is 1. The Labute approximate surface area is 58.2 Å². The van der Waals surface area contributed by atoms with E-state index in [2.05, 4.69) is 17.2 Å². The average Bonchev–Trinajstić information content (AvgIpc) is 1.90. The number of aliphatic hydroxyl groups excluding tert-OH is 1. The summed E-state index contributed by atoms with van der Waals surface area (Å²) in [5.41, 5.74) is 0.639. The number of rotatable bonds is 1. The van der Waals surface area contributed by atoms with Gasteiger partial charge in [-0.15, -0.1) is 0 Å². The van der Waals surface area contributed by atoms with Crippen molar-refractivity contribution in [2.24, 2.45) is 0 Å². The lowest BCUT2D eigenvalue weighted by molar-refractivity contribution is 0.571. The van der Waals surface area contributed by atoms with Gasteiger partial charge in [0.15, 0.2) is 5.05 Å². The number of nitrogens with zero attached hydrogens (tertiary/aromatic N) is 1. The molecule has 1 N–H and O–H groups in total. The van der Waals surface area contributed by atoms with Crippen molar-refractivity contribution in [3.05, 3.63) is 30.1 Å². The molecule has 0 amide bonds. The van der Waals surface area contributed by atoms with Gasteiger partial charge in [0.05, 0.1) is 0 Å². The van der Waals surface area contributed by atoms with Crippen molar-refractivity contribution in [1.82, 2.24) is 4.98 Å². The highest BCUT2D eigenvalue weighted by Crippen LogP contribution is 1.95. The van der Waals surface area contributed by atoms with Crippen LogP contribution in [0.3, 0.4) is 0 Å². The van der Waals surface area contributed by atoms with Gasteiger partial charge in [-0.25, -0.2) is 0 Å². The van der Waals surface area contributed by atoms with Crippen LogP contribution in [-0.4, -0.2) is 15.1 Å². The molecule has 0 unspecified atom stereocenters. The predicted octanol–water partition coefficient (Wildman–Crippen LogP) is 1.32. The highest BCUT2D eigenvalue weighted by atomic mass is 32.1. The molecule has 3 heteroatoms. The molecule has 0 aliphatic heterocycles. The molecular formula is C6H5NOS. The number of aromatic nitrogens is 1. The van der Waals surface area contributed by atoms with Gasteiger partial charge in [-0.3, -0.25) is 4.98 Å². The predicted molar refractivity (Wildman–Crippen MR) is 38.6 cm³/mol. The van der Waals surface area contributed by atoms with E-state index >= 15 is 0 Å². The van der Waals surface area contributed by atoms with Crippen molar-refractivity contribution >= 4 is 17.3 Å². The molecular weight excluding hydrogens is 134 g/mol. The minimum Gasteiger partial charge on any atom is -0.499 e. The van der Waals surface area contributed by atoms with E-state index in [1.165, 1.54) is 0 Å². The Bertz CT molecular complexity index is 210. The topological polar surface area (TPSA) is 33.1 Å². The van der Waals surface area contributed by atoms with E-state index in [1.807, 2.05) is 0 Å². The molecule has 9 heavy (non-hydrogen) atoms. The number of hydrogen-bond donors (Lipinski definition) is 1. The van der Waals surface area contributed by atoms with Crippen LogP contribution in [0.5, 0.6) is 0 Å².